The monoisotopic (exact) mass is 445 g/mol. The summed E-state index contributed by atoms with van der Waals surface area (Å²) < 4.78 is 0. The lowest BCUT2D eigenvalue weighted by Crippen LogP contribution is -2.60. The van der Waals surface area contributed by atoms with E-state index < -0.39 is 0 Å². The predicted molar refractivity (Wildman–Crippen MR) is 130 cm³/mol. The Balaban J connectivity index is 1.34. The fourth-order valence-corrected chi connectivity index (χ4v) is 5.15. The van der Waals surface area contributed by atoms with Crippen molar-refractivity contribution in [3.63, 3.8) is 0 Å². The van der Waals surface area contributed by atoms with Crippen LogP contribution in [-0.2, 0) is 24.3 Å². The molecule has 0 unspecified atom stereocenters. The topological polar surface area (TPSA) is 35.6 Å². The van der Waals surface area contributed by atoms with Gasteiger partial charge in [0.1, 0.15) is 0 Å². The molecule has 2 aliphatic rings. The average molecular weight is 446 g/mol. The van der Waals surface area contributed by atoms with Gasteiger partial charge in [-0.2, -0.15) is 0 Å². The third-order valence-corrected chi connectivity index (χ3v) is 6.93. The van der Waals surface area contributed by atoms with Crippen molar-refractivity contribution in [2.24, 2.45) is 5.92 Å². The Labute approximate surface area is 194 Å². The van der Waals surface area contributed by atoms with Crippen LogP contribution in [-0.4, -0.2) is 36.5 Å². The molecule has 5 heteroatoms. The number of rotatable bonds is 5. The van der Waals surface area contributed by atoms with Crippen LogP contribution in [0.1, 0.15) is 16.7 Å². The third kappa shape index (κ3) is 4.52. The first-order valence-corrected chi connectivity index (χ1v) is 11.7. The van der Waals surface area contributed by atoms with Crippen LogP contribution in [0.2, 0.25) is 5.02 Å². The van der Waals surface area contributed by atoms with Crippen LogP contribution in [0.4, 0.5) is 5.69 Å². The summed E-state index contributed by atoms with van der Waals surface area (Å²) in [5.74, 6) is 0.0772. The number of hydrogen-bond acceptors (Lipinski definition) is 3. The molecule has 164 valence electrons. The van der Waals surface area contributed by atoms with Crippen molar-refractivity contribution in [3.05, 3.63) is 101 Å². The van der Waals surface area contributed by atoms with E-state index in [9.17, 15) is 4.79 Å². The fraction of sp³-hybridized carbons (Fsp3) is 0.296. The van der Waals surface area contributed by atoms with Crippen molar-refractivity contribution in [2.45, 2.75) is 25.6 Å². The van der Waals surface area contributed by atoms with Gasteiger partial charge in [-0.1, -0.05) is 72.3 Å². The Morgan fingerprint density at radius 2 is 1.66 bits per heavy atom. The van der Waals surface area contributed by atoms with Crippen LogP contribution in [0.15, 0.2) is 78.9 Å². The Morgan fingerprint density at radius 1 is 0.906 bits per heavy atom. The zero-order valence-corrected chi connectivity index (χ0v) is 18.8. The molecule has 0 radical (unpaired) electrons. The van der Waals surface area contributed by atoms with Crippen LogP contribution >= 0.6 is 11.6 Å². The van der Waals surface area contributed by atoms with Crippen molar-refractivity contribution in [1.82, 2.24) is 10.2 Å². The molecule has 1 N–H and O–H groups in total. The molecule has 2 aliphatic heterocycles. The quantitative estimate of drug-likeness (QED) is 0.627. The molecule has 4 nitrogen and oxygen atoms in total. The van der Waals surface area contributed by atoms with E-state index in [1.54, 1.807) is 0 Å². The summed E-state index contributed by atoms with van der Waals surface area (Å²) in [6.45, 7) is 4.23. The maximum atomic E-state index is 13.4. The fourth-order valence-electron chi connectivity index (χ4n) is 5.02. The van der Waals surface area contributed by atoms with Gasteiger partial charge in [0.15, 0.2) is 0 Å². The molecular weight excluding hydrogens is 418 g/mol. The lowest BCUT2D eigenvalue weighted by molar-refractivity contribution is -0.126. The second-order valence-electron chi connectivity index (χ2n) is 8.77. The number of amides is 1. The summed E-state index contributed by atoms with van der Waals surface area (Å²) in [5, 5.41) is 3.97. The maximum absolute atomic E-state index is 13.4. The van der Waals surface area contributed by atoms with Crippen LogP contribution in [0, 0.1) is 5.92 Å². The molecule has 1 amide bonds. The van der Waals surface area contributed by atoms with Gasteiger partial charge in [-0.15, -0.1) is 0 Å². The molecule has 0 aromatic heterocycles. The van der Waals surface area contributed by atoms with Gasteiger partial charge in [0, 0.05) is 43.4 Å². The number of piperazine rings is 1. The number of hydrogen-bond donors (Lipinski definition) is 1. The minimum absolute atomic E-state index is 0.0679. The predicted octanol–water partition coefficient (Wildman–Crippen LogP) is 4.52. The second-order valence-corrected chi connectivity index (χ2v) is 9.20. The molecule has 0 aliphatic carbocycles. The summed E-state index contributed by atoms with van der Waals surface area (Å²) in [6.07, 6.45) is 0.784. The molecule has 1 fully saturated rings. The molecule has 3 aromatic carbocycles. The maximum Gasteiger partial charge on any atom is 0.225 e. The average Bonchev–Trinajstić information content (AvgIpc) is 2.84. The normalized spacial score (nSPS) is 20.3. The van der Waals surface area contributed by atoms with Crippen molar-refractivity contribution in [3.8, 4) is 0 Å². The zero-order chi connectivity index (χ0) is 21.9. The highest BCUT2D eigenvalue weighted by atomic mass is 35.5. The third-order valence-electron chi connectivity index (χ3n) is 6.67. The van der Waals surface area contributed by atoms with Crippen molar-refractivity contribution < 1.29 is 4.79 Å². The van der Waals surface area contributed by atoms with Gasteiger partial charge < -0.3 is 10.2 Å². The number of benzene rings is 3. The van der Waals surface area contributed by atoms with Crippen LogP contribution in [0.25, 0.3) is 0 Å². The first-order valence-electron chi connectivity index (χ1n) is 11.3. The highest BCUT2D eigenvalue weighted by molar-refractivity contribution is 6.30. The molecule has 0 bridgehead atoms. The summed E-state index contributed by atoms with van der Waals surface area (Å²) >= 11 is 6.06. The molecule has 0 spiro atoms. The van der Waals surface area contributed by atoms with Gasteiger partial charge >= 0.3 is 0 Å². The first kappa shape index (κ1) is 21.0. The van der Waals surface area contributed by atoms with E-state index >= 15 is 0 Å². The highest BCUT2D eigenvalue weighted by Gasteiger charge is 2.41. The number of nitrogens with zero attached hydrogens (tertiary/aromatic N) is 2. The second kappa shape index (κ2) is 9.35. The standard InChI is InChI=1S/C27H28ClN3O/c28-23-12-10-21(11-13-23)18-30-14-15-31-25-9-5-4-8-22(25)16-24(26(31)19-30)27(32)29-17-20-6-2-1-3-7-20/h1-13,24,26H,14-19H2,(H,29,32)/t24-,26-/m0/s1. The molecule has 5 rings (SSSR count). The van der Waals surface area contributed by atoms with Gasteiger partial charge in [0.25, 0.3) is 0 Å². The molecule has 32 heavy (non-hydrogen) atoms. The van der Waals surface area contributed by atoms with Crippen LogP contribution in [0.5, 0.6) is 0 Å². The number of carbonyl (C=O) groups is 1. The number of halogens is 1. The van der Waals surface area contributed by atoms with E-state index in [1.165, 1.54) is 16.8 Å². The van der Waals surface area contributed by atoms with Gasteiger partial charge in [-0.25, -0.2) is 0 Å². The minimum atomic E-state index is -0.0679. The summed E-state index contributed by atoms with van der Waals surface area (Å²) in [7, 11) is 0. The van der Waals surface area contributed by atoms with Gasteiger partial charge in [0.2, 0.25) is 5.91 Å². The Kier molecular flexibility index (Phi) is 6.15. The molecule has 2 heterocycles. The van der Waals surface area contributed by atoms with E-state index in [0.29, 0.717) is 6.54 Å². The lowest BCUT2D eigenvalue weighted by atomic mass is 9.83. The van der Waals surface area contributed by atoms with Crippen LogP contribution < -0.4 is 10.2 Å². The zero-order valence-electron chi connectivity index (χ0n) is 18.1. The van der Waals surface area contributed by atoms with Crippen molar-refractivity contribution >= 4 is 23.2 Å². The van der Waals surface area contributed by atoms with E-state index in [0.717, 1.165) is 43.2 Å². The number of carbonyl (C=O) groups excluding carboxylic acids is 1. The van der Waals surface area contributed by atoms with Gasteiger partial charge in [-0.3, -0.25) is 9.69 Å². The number of anilines is 1. The molecule has 0 saturated carbocycles. The van der Waals surface area contributed by atoms with E-state index in [-0.39, 0.29) is 17.9 Å². The van der Waals surface area contributed by atoms with E-state index in [1.807, 2.05) is 30.3 Å². The van der Waals surface area contributed by atoms with Crippen molar-refractivity contribution in [1.29, 1.82) is 0 Å². The Bertz CT molecular complexity index is 1070. The molecule has 3 aromatic rings. The van der Waals surface area contributed by atoms with Crippen molar-refractivity contribution in [2.75, 3.05) is 24.5 Å². The SMILES string of the molecule is O=C(NCc1ccccc1)[C@H]1Cc2ccccc2N2CCN(Cc3ccc(Cl)cc3)C[C@@H]12. The van der Waals surface area contributed by atoms with E-state index in [2.05, 4.69) is 63.6 Å². The summed E-state index contributed by atoms with van der Waals surface area (Å²) in [6, 6.07) is 26.9. The summed E-state index contributed by atoms with van der Waals surface area (Å²) in [4.78, 5) is 18.3. The smallest absolute Gasteiger partial charge is 0.225 e. The lowest BCUT2D eigenvalue weighted by Gasteiger charge is -2.49. The molecular formula is C27H28ClN3O. The highest BCUT2D eigenvalue weighted by Crippen LogP contribution is 2.36. The number of para-hydroxylation sites is 1. The van der Waals surface area contributed by atoms with E-state index in [4.69, 9.17) is 11.6 Å². The molecule has 1 saturated heterocycles. The Hall–Kier alpha value is -2.82. The summed E-state index contributed by atoms with van der Waals surface area (Å²) in [5.41, 5.74) is 4.94. The number of nitrogens with one attached hydrogen (secondary N) is 1. The largest absolute Gasteiger partial charge is 0.365 e. The Morgan fingerprint density at radius 3 is 2.47 bits per heavy atom. The molecule has 2 atom stereocenters. The number of fused-ring (bicyclic) bond motifs is 3. The van der Waals surface area contributed by atoms with Gasteiger partial charge in [-0.05, 0) is 41.3 Å². The van der Waals surface area contributed by atoms with Gasteiger partial charge in [0.05, 0.1) is 12.0 Å². The first-order chi connectivity index (χ1) is 15.7. The van der Waals surface area contributed by atoms with Crippen LogP contribution in [0.3, 0.4) is 0 Å². The minimum Gasteiger partial charge on any atom is -0.365 e.